The van der Waals surface area contributed by atoms with Crippen LogP contribution >= 0.6 is 23.2 Å². The summed E-state index contributed by atoms with van der Waals surface area (Å²) in [6, 6.07) is 17.3. The highest BCUT2D eigenvalue weighted by molar-refractivity contribution is 7.90. The molecule has 0 spiro atoms. The Bertz CT molecular complexity index is 1980. The molecule has 0 aliphatic carbocycles. The molecule has 3 aromatic carbocycles. The number of hydrogen-bond donors (Lipinski definition) is 1. The quantitative estimate of drug-likeness (QED) is 0.332. The first-order chi connectivity index (χ1) is 18.1. The molecule has 2 aromatic heterocycles. The van der Waals surface area contributed by atoms with Crippen molar-refractivity contribution < 1.29 is 13.2 Å². The Labute approximate surface area is 224 Å². The fourth-order valence-corrected chi connectivity index (χ4v) is 5.63. The summed E-state index contributed by atoms with van der Waals surface area (Å²) in [4.78, 5) is 26.0. The van der Waals surface area contributed by atoms with E-state index in [0.29, 0.717) is 16.7 Å². The minimum atomic E-state index is -3.81. The van der Waals surface area contributed by atoms with E-state index in [1.54, 1.807) is 54.6 Å². The van der Waals surface area contributed by atoms with Crippen LogP contribution in [-0.4, -0.2) is 27.2 Å². The number of fused-ring (bicyclic) bond motifs is 1. The molecular weight excluding hydrogens is 553 g/mol. The number of halogens is 2. The number of aryl methyl sites for hydroxylation is 1. The maximum absolute atomic E-state index is 13.1. The standard InChI is InChI=1S/C25H15Cl2N5O5S/c1-14-2-5-18(6-3-14)38(35,36)31-9-8-15-10-17(4-7-22(15)31)37-23-19(26)11-16(12-20(23)27)32-25(34)29-24(33)21(13-28)30-32/h2-12H,1H3,(H,29,33,34). The highest BCUT2D eigenvalue weighted by atomic mass is 35.5. The highest BCUT2D eigenvalue weighted by Gasteiger charge is 2.20. The molecule has 0 amide bonds. The predicted molar refractivity (Wildman–Crippen MR) is 141 cm³/mol. The predicted octanol–water partition coefficient (Wildman–Crippen LogP) is 4.39. The van der Waals surface area contributed by atoms with E-state index >= 15 is 0 Å². The number of nitrogens with one attached hydrogen (secondary N) is 1. The highest BCUT2D eigenvalue weighted by Crippen LogP contribution is 2.39. The van der Waals surface area contributed by atoms with Gasteiger partial charge in [-0.3, -0.25) is 9.78 Å². The second-order valence-electron chi connectivity index (χ2n) is 8.12. The maximum atomic E-state index is 13.1. The number of rotatable bonds is 5. The van der Waals surface area contributed by atoms with Crippen molar-refractivity contribution in [1.29, 1.82) is 5.26 Å². The molecule has 0 bridgehead atoms. The minimum Gasteiger partial charge on any atom is -0.454 e. The van der Waals surface area contributed by atoms with E-state index in [1.165, 1.54) is 22.3 Å². The van der Waals surface area contributed by atoms with Crippen molar-refractivity contribution in [2.45, 2.75) is 11.8 Å². The fraction of sp³-hybridized carbons (Fsp3) is 0.0400. The molecule has 10 nitrogen and oxygen atoms in total. The molecular formula is C25H15Cl2N5O5S. The maximum Gasteiger partial charge on any atom is 0.349 e. The number of aromatic amines is 1. The third-order valence-corrected chi connectivity index (χ3v) is 7.85. The third-order valence-electron chi connectivity index (χ3n) is 5.59. The van der Waals surface area contributed by atoms with E-state index in [1.807, 2.05) is 11.9 Å². The van der Waals surface area contributed by atoms with Gasteiger partial charge in [-0.25, -0.2) is 17.2 Å². The molecule has 1 N–H and O–H groups in total. The molecule has 0 aliphatic heterocycles. The van der Waals surface area contributed by atoms with Crippen LogP contribution in [0.3, 0.4) is 0 Å². The number of ether oxygens (including phenoxy) is 1. The van der Waals surface area contributed by atoms with Crippen LogP contribution in [0.5, 0.6) is 11.5 Å². The normalized spacial score (nSPS) is 11.4. The Hall–Kier alpha value is -4.37. The van der Waals surface area contributed by atoms with Gasteiger partial charge in [-0.2, -0.15) is 9.94 Å². The van der Waals surface area contributed by atoms with Gasteiger partial charge in [0.15, 0.2) is 5.75 Å². The molecule has 0 aliphatic rings. The van der Waals surface area contributed by atoms with Crippen molar-refractivity contribution in [2.24, 2.45) is 0 Å². The summed E-state index contributed by atoms with van der Waals surface area (Å²) >= 11 is 12.8. The Morgan fingerprint density at radius 2 is 1.68 bits per heavy atom. The summed E-state index contributed by atoms with van der Waals surface area (Å²) in [7, 11) is -3.81. The second kappa shape index (κ2) is 9.50. The molecule has 0 saturated carbocycles. The third kappa shape index (κ3) is 4.45. The Kier molecular flexibility index (Phi) is 6.32. The number of nitriles is 1. The van der Waals surface area contributed by atoms with Crippen LogP contribution in [0.4, 0.5) is 0 Å². The number of H-pyrrole nitrogens is 1. The number of nitrogens with zero attached hydrogens (tertiary/aromatic N) is 4. The van der Waals surface area contributed by atoms with Crippen molar-refractivity contribution in [2.75, 3.05) is 0 Å². The van der Waals surface area contributed by atoms with Crippen molar-refractivity contribution in [3.05, 3.63) is 109 Å². The largest absolute Gasteiger partial charge is 0.454 e. The van der Waals surface area contributed by atoms with Crippen molar-refractivity contribution >= 4 is 44.1 Å². The minimum absolute atomic E-state index is 0.0190. The first-order valence-electron chi connectivity index (χ1n) is 10.8. The molecule has 5 rings (SSSR count). The van der Waals surface area contributed by atoms with E-state index in [-0.39, 0.29) is 26.4 Å². The summed E-state index contributed by atoms with van der Waals surface area (Å²) < 4.78 is 34.2. The SMILES string of the molecule is Cc1ccc(S(=O)(=O)n2ccc3cc(Oc4c(Cl)cc(-n5nc(C#N)c(=O)[nH]c5=O)cc4Cl)ccc32)cc1. The lowest BCUT2D eigenvalue weighted by Gasteiger charge is -2.13. The molecule has 0 fully saturated rings. The summed E-state index contributed by atoms with van der Waals surface area (Å²) in [5, 5.41) is 13.4. The van der Waals surface area contributed by atoms with Crippen LogP contribution in [0, 0.1) is 18.3 Å². The molecule has 0 radical (unpaired) electrons. The Morgan fingerprint density at radius 1 is 1.00 bits per heavy atom. The number of benzene rings is 3. The Balaban J connectivity index is 1.48. The average molecular weight is 568 g/mol. The van der Waals surface area contributed by atoms with E-state index < -0.39 is 27.0 Å². The van der Waals surface area contributed by atoms with Crippen molar-refractivity contribution in [3.8, 4) is 23.3 Å². The van der Waals surface area contributed by atoms with Crippen LogP contribution in [-0.2, 0) is 10.0 Å². The number of hydrogen-bond acceptors (Lipinski definition) is 7. The molecule has 0 saturated heterocycles. The van der Waals surface area contributed by atoms with Crippen LogP contribution in [0.15, 0.2) is 81.3 Å². The van der Waals surface area contributed by atoms with Crippen LogP contribution in [0.25, 0.3) is 16.6 Å². The average Bonchev–Trinajstić information content (AvgIpc) is 3.31. The lowest BCUT2D eigenvalue weighted by Crippen LogP contribution is -2.33. The zero-order valence-corrected chi connectivity index (χ0v) is 21.7. The zero-order valence-electron chi connectivity index (χ0n) is 19.3. The molecule has 5 aromatic rings. The smallest absolute Gasteiger partial charge is 0.349 e. The van der Waals surface area contributed by atoms with E-state index in [9.17, 15) is 18.0 Å². The van der Waals surface area contributed by atoms with E-state index in [4.69, 9.17) is 33.2 Å². The van der Waals surface area contributed by atoms with Gasteiger partial charge in [-0.15, -0.1) is 5.10 Å². The zero-order chi connectivity index (χ0) is 27.2. The van der Waals surface area contributed by atoms with Gasteiger partial charge in [0, 0.05) is 11.6 Å². The monoisotopic (exact) mass is 567 g/mol. The molecule has 2 heterocycles. The molecule has 0 atom stereocenters. The van der Waals surface area contributed by atoms with E-state index in [0.717, 1.165) is 10.2 Å². The van der Waals surface area contributed by atoms with Gasteiger partial charge in [0.25, 0.3) is 15.6 Å². The second-order valence-corrected chi connectivity index (χ2v) is 10.8. The molecule has 13 heteroatoms. The number of aromatic nitrogens is 4. The lowest BCUT2D eigenvalue weighted by molar-refractivity contribution is 0.483. The van der Waals surface area contributed by atoms with Gasteiger partial charge in [-0.05, 0) is 55.5 Å². The molecule has 190 valence electrons. The lowest BCUT2D eigenvalue weighted by atomic mass is 10.2. The van der Waals surface area contributed by atoms with Crippen LogP contribution in [0.1, 0.15) is 11.3 Å². The Morgan fingerprint density at radius 3 is 2.34 bits per heavy atom. The summed E-state index contributed by atoms with van der Waals surface area (Å²) in [6.07, 6.45) is 1.46. The van der Waals surface area contributed by atoms with Gasteiger partial charge in [0.2, 0.25) is 5.69 Å². The summed E-state index contributed by atoms with van der Waals surface area (Å²) in [5.74, 6) is 0.395. The summed E-state index contributed by atoms with van der Waals surface area (Å²) in [6.45, 7) is 1.88. The topological polar surface area (TPSA) is 140 Å². The van der Waals surface area contributed by atoms with Gasteiger partial charge in [-0.1, -0.05) is 40.9 Å². The molecule has 38 heavy (non-hydrogen) atoms. The van der Waals surface area contributed by atoms with Gasteiger partial charge >= 0.3 is 5.69 Å². The van der Waals surface area contributed by atoms with Gasteiger partial charge in [0.1, 0.15) is 11.8 Å². The van der Waals surface area contributed by atoms with E-state index in [2.05, 4.69) is 5.10 Å². The summed E-state index contributed by atoms with van der Waals surface area (Å²) in [5.41, 5.74) is -0.822. The van der Waals surface area contributed by atoms with Gasteiger partial charge in [0.05, 0.1) is 26.1 Å². The van der Waals surface area contributed by atoms with Gasteiger partial charge < -0.3 is 4.74 Å². The first kappa shape index (κ1) is 25.3. The van der Waals surface area contributed by atoms with Crippen LogP contribution in [0.2, 0.25) is 10.0 Å². The molecule has 0 unspecified atom stereocenters. The van der Waals surface area contributed by atoms with Crippen molar-refractivity contribution in [3.63, 3.8) is 0 Å². The first-order valence-corrected chi connectivity index (χ1v) is 13.0. The fourth-order valence-electron chi connectivity index (χ4n) is 3.72. The van der Waals surface area contributed by atoms with Crippen LogP contribution < -0.4 is 16.0 Å². The van der Waals surface area contributed by atoms with Crippen molar-refractivity contribution in [1.82, 2.24) is 18.7 Å².